The van der Waals surface area contributed by atoms with Gasteiger partial charge in [0.05, 0.1) is 12.8 Å². The largest absolute Gasteiger partial charge is 0.492 e. The molecule has 2 bridgehead atoms. The minimum Gasteiger partial charge on any atom is -0.492 e. The maximum atomic E-state index is 12.4. The van der Waals surface area contributed by atoms with Gasteiger partial charge in [0.15, 0.2) is 0 Å². The number of nitrogens with one attached hydrogen (secondary N) is 1. The predicted octanol–water partition coefficient (Wildman–Crippen LogP) is 0.942. The number of aryl methyl sites for hydroxylation is 1. The zero-order valence-corrected chi connectivity index (χ0v) is 16.0. The van der Waals surface area contributed by atoms with E-state index < -0.39 is 11.9 Å². The van der Waals surface area contributed by atoms with Crippen molar-refractivity contribution in [3.63, 3.8) is 0 Å². The lowest BCUT2D eigenvalue weighted by molar-refractivity contribution is -0.134. The molecule has 4 aliphatic rings. The normalized spacial score (nSPS) is 24.6. The first-order valence-corrected chi connectivity index (χ1v) is 9.71. The third kappa shape index (κ3) is 5.77. The smallest absolute Gasteiger partial charge is 0.328 e. The number of fused-ring (bicyclic) bond motifs is 4. The number of aromatic nitrogens is 1. The van der Waals surface area contributed by atoms with Crippen LogP contribution in [0.15, 0.2) is 24.4 Å². The first-order chi connectivity index (χ1) is 13.9. The summed E-state index contributed by atoms with van der Waals surface area (Å²) in [5, 5.41) is 18.8. The fourth-order valence-corrected chi connectivity index (χ4v) is 3.89. The standard InChI is InChI=1S/C16H21N3O2.C4H4O4/c20-16(18-14-10-19-5-3-11(14)4-6-19)13-8-12-2-1-7-21-15(12)9-17-13;5-3(6)1-2-4(7)8/h8-9,11,14H,1-7,10H2,(H,18,20);1-2H,(H,5,6)(H,7,8)/b;2-1+/t14-;/m0./s1. The number of carbonyl (C=O) groups is 3. The average molecular weight is 403 g/mol. The third-order valence-electron chi connectivity index (χ3n) is 5.37. The van der Waals surface area contributed by atoms with Crippen LogP contribution in [-0.4, -0.2) is 70.2 Å². The van der Waals surface area contributed by atoms with Crippen LogP contribution in [-0.2, 0) is 16.0 Å². The molecule has 0 aliphatic carbocycles. The van der Waals surface area contributed by atoms with E-state index in [1.807, 2.05) is 6.07 Å². The van der Waals surface area contributed by atoms with Crippen LogP contribution in [0.25, 0.3) is 0 Å². The van der Waals surface area contributed by atoms with Crippen molar-refractivity contribution in [2.45, 2.75) is 31.7 Å². The topological polar surface area (TPSA) is 129 Å². The fourth-order valence-electron chi connectivity index (χ4n) is 3.89. The SMILES string of the molecule is O=C(N[C@H]1CN2CCC1CC2)c1cc2c(cn1)OCCC2.O=C(O)/C=C/C(=O)O. The van der Waals surface area contributed by atoms with Crippen molar-refractivity contribution in [2.75, 3.05) is 26.2 Å². The quantitative estimate of drug-likeness (QED) is 0.634. The van der Waals surface area contributed by atoms with Crippen molar-refractivity contribution in [3.8, 4) is 5.75 Å². The molecule has 9 heteroatoms. The summed E-state index contributed by atoms with van der Waals surface area (Å²) in [4.78, 5) is 38.3. The summed E-state index contributed by atoms with van der Waals surface area (Å²) in [6.07, 6.45) is 7.20. The first kappa shape index (κ1) is 20.8. The summed E-state index contributed by atoms with van der Waals surface area (Å²) in [6.45, 7) is 4.11. The lowest BCUT2D eigenvalue weighted by Crippen LogP contribution is -2.57. The summed E-state index contributed by atoms with van der Waals surface area (Å²) in [5.74, 6) is -1.08. The van der Waals surface area contributed by atoms with E-state index in [0.29, 0.717) is 23.8 Å². The van der Waals surface area contributed by atoms with Gasteiger partial charge in [0.25, 0.3) is 5.91 Å². The highest BCUT2D eigenvalue weighted by atomic mass is 16.5. The van der Waals surface area contributed by atoms with Crippen LogP contribution in [0.1, 0.15) is 35.3 Å². The number of carboxylic acid groups (broad SMARTS) is 2. The molecule has 29 heavy (non-hydrogen) atoms. The van der Waals surface area contributed by atoms with Gasteiger partial charge in [0.2, 0.25) is 0 Å². The minimum atomic E-state index is -1.26. The molecule has 3 N–H and O–H groups in total. The van der Waals surface area contributed by atoms with Crippen molar-refractivity contribution >= 4 is 17.8 Å². The molecule has 1 aromatic rings. The number of ether oxygens (including phenoxy) is 1. The molecule has 0 saturated carbocycles. The van der Waals surface area contributed by atoms with Gasteiger partial charge in [-0.25, -0.2) is 14.6 Å². The number of carbonyl (C=O) groups excluding carboxylic acids is 1. The number of hydrogen-bond acceptors (Lipinski definition) is 6. The number of pyridine rings is 1. The van der Waals surface area contributed by atoms with Gasteiger partial charge in [-0.2, -0.15) is 0 Å². The van der Waals surface area contributed by atoms with Crippen LogP contribution < -0.4 is 10.1 Å². The molecule has 0 aromatic carbocycles. The fraction of sp³-hybridized carbons (Fsp3) is 0.500. The number of carboxylic acids is 2. The van der Waals surface area contributed by atoms with Gasteiger partial charge in [-0.15, -0.1) is 0 Å². The Hall–Kier alpha value is -2.94. The summed E-state index contributed by atoms with van der Waals surface area (Å²) in [7, 11) is 0. The number of nitrogens with zero attached hydrogens (tertiary/aromatic N) is 2. The van der Waals surface area contributed by atoms with Crippen LogP contribution in [0.4, 0.5) is 0 Å². The van der Waals surface area contributed by atoms with Crippen LogP contribution in [0.3, 0.4) is 0 Å². The average Bonchev–Trinajstić information content (AvgIpc) is 2.73. The Kier molecular flexibility index (Phi) is 6.82. The van der Waals surface area contributed by atoms with Crippen LogP contribution >= 0.6 is 0 Å². The molecule has 0 radical (unpaired) electrons. The highest BCUT2D eigenvalue weighted by Crippen LogP contribution is 2.28. The van der Waals surface area contributed by atoms with Gasteiger partial charge in [-0.3, -0.25) is 4.79 Å². The monoisotopic (exact) mass is 403 g/mol. The molecule has 156 valence electrons. The van der Waals surface area contributed by atoms with E-state index >= 15 is 0 Å². The highest BCUT2D eigenvalue weighted by molar-refractivity contribution is 5.92. The van der Waals surface area contributed by atoms with Gasteiger partial charge in [-0.1, -0.05) is 0 Å². The second kappa shape index (κ2) is 9.51. The zero-order chi connectivity index (χ0) is 20.8. The van der Waals surface area contributed by atoms with Crippen molar-refractivity contribution in [1.29, 1.82) is 0 Å². The Bertz CT molecular complexity index is 785. The van der Waals surface area contributed by atoms with E-state index in [9.17, 15) is 14.4 Å². The second-order valence-corrected chi connectivity index (χ2v) is 7.36. The van der Waals surface area contributed by atoms with Crippen LogP contribution in [0, 0.1) is 5.92 Å². The maximum Gasteiger partial charge on any atom is 0.328 e. The van der Waals surface area contributed by atoms with E-state index in [0.717, 1.165) is 37.3 Å². The number of hydrogen-bond donors (Lipinski definition) is 3. The summed E-state index contributed by atoms with van der Waals surface area (Å²) >= 11 is 0. The molecule has 5 rings (SSSR count). The zero-order valence-electron chi connectivity index (χ0n) is 16.0. The van der Waals surface area contributed by atoms with Crippen molar-refractivity contribution < 1.29 is 29.3 Å². The van der Waals surface area contributed by atoms with Crippen LogP contribution in [0.5, 0.6) is 5.75 Å². The Morgan fingerprint density at radius 2 is 1.86 bits per heavy atom. The van der Waals surface area contributed by atoms with E-state index in [1.54, 1.807) is 6.20 Å². The molecule has 1 amide bonds. The van der Waals surface area contributed by atoms with Gasteiger partial charge in [-0.05, 0) is 56.3 Å². The molecule has 5 heterocycles. The number of piperidine rings is 3. The number of aliphatic carboxylic acids is 2. The molecule has 4 aliphatic heterocycles. The minimum absolute atomic E-state index is 0.0397. The number of rotatable bonds is 4. The molecule has 1 aromatic heterocycles. The molecule has 0 spiro atoms. The van der Waals surface area contributed by atoms with Crippen molar-refractivity contribution in [3.05, 3.63) is 35.7 Å². The molecular formula is C20H25N3O6. The van der Waals surface area contributed by atoms with E-state index in [-0.39, 0.29) is 11.9 Å². The van der Waals surface area contributed by atoms with Gasteiger partial charge >= 0.3 is 11.9 Å². The Labute approximate surface area is 168 Å². The Morgan fingerprint density at radius 3 is 2.45 bits per heavy atom. The summed E-state index contributed by atoms with van der Waals surface area (Å²) in [6, 6.07) is 2.18. The van der Waals surface area contributed by atoms with Crippen LogP contribution in [0.2, 0.25) is 0 Å². The molecule has 9 nitrogen and oxygen atoms in total. The highest BCUT2D eigenvalue weighted by Gasteiger charge is 2.35. The first-order valence-electron chi connectivity index (χ1n) is 9.71. The van der Waals surface area contributed by atoms with E-state index in [2.05, 4.69) is 15.2 Å². The molecule has 1 atom stereocenters. The molecule has 3 fully saturated rings. The van der Waals surface area contributed by atoms with E-state index in [1.165, 1.54) is 25.9 Å². The van der Waals surface area contributed by atoms with E-state index in [4.69, 9.17) is 14.9 Å². The maximum absolute atomic E-state index is 12.4. The lowest BCUT2D eigenvalue weighted by Gasteiger charge is -2.44. The third-order valence-corrected chi connectivity index (χ3v) is 5.37. The summed E-state index contributed by atoms with van der Waals surface area (Å²) in [5.41, 5.74) is 1.63. The van der Waals surface area contributed by atoms with Gasteiger partial charge in [0.1, 0.15) is 11.4 Å². The Balaban J connectivity index is 0.000000258. The lowest BCUT2D eigenvalue weighted by atomic mass is 9.84. The van der Waals surface area contributed by atoms with Gasteiger partial charge in [0, 0.05) is 24.7 Å². The molecule has 0 unspecified atom stereocenters. The molecule has 3 saturated heterocycles. The van der Waals surface area contributed by atoms with Crippen molar-refractivity contribution in [2.24, 2.45) is 5.92 Å². The number of amides is 1. The summed E-state index contributed by atoms with van der Waals surface area (Å²) < 4.78 is 5.55. The second-order valence-electron chi connectivity index (χ2n) is 7.36. The molecular weight excluding hydrogens is 378 g/mol. The van der Waals surface area contributed by atoms with Gasteiger partial charge < -0.3 is 25.2 Å². The Morgan fingerprint density at radius 1 is 1.17 bits per heavy atom. The predicted molar refractivity (Wildman–Crippen MR) is 103 cm³/mol. The van der Waals surface area contributed by atoms with Crippen molar-refractivity contribution in [1.82, 2.24) is 15.2 Å².